The number of esters is 2. The summed E-state index contributed by atoms with van der Waals surface area (Å²) in [6.07, 6.45) is 0. The summed E-state index contributed by atoms with van der Waals surface area (Å²) < 4.78 is 9.63. The third-order valence-corrected chi connectivity index (χ3v) is 7.92. The molecule has 0 saturated heterocycles. The first-order chi connectivity index (χ1) is 15.9. The monoisotopic (exact) mass is 483 g/mol. The molecule has 0 fully saturated rings. The van der Waals surface area contributed by atoms with Gasteiger partial charge in [0.1, 0.15) is 4.91 Å². The van der Waals surface area contributed by atoms with E-state index in [0.29, 0.717) is 4.91 Å². The number of thioether (sulfide) groups is 2. The molecule has 1 spiro atoms. The summed E-state index contributed by atoms with van der Waals surface area (Å²) >= 11 is 2.59. The Morgan fingerprint density at radius 2 is 1.52 bits per heavy atom. The minimum atomic E-state index is -0.981. The van der Waals surface area contributed by atoms with E-state index in [4.69, 9.17) is 9.47 Å². The van der Waals surface area contributed by atoms with Crippen molar-refractivity contribution in [2.45, 2.75) is 32.0 Å². The molecule has 1 atom stereocenters. The van der Waals surface area contributed by atoms with Gasteiger partial charge in [-0.15, -0.1) is 0 Å². The van der Waals surface area contributed by atoms with Crippen LogP contribution in [-0.4, -0.2) is 34.5 Å². The maximum absolute atomic E-state index is 12.9. The molecule has 2 aromatic carbocycles. The number of rotatable bonds is 6. The van der Waals surface area contributed by atoms with Gasteiger partial charge >= 0.3 is 11.9 Å². The number of hydrogen-bond donors (Lipinski definition) is 0. The fourth-order valence-electron chi connectivity index (χ4n) is 3.62. The van der Waals surface area contributed by atoms with Crippen molar-refractivity contribution in [2.75, 3.05) is 23.1 Å². The van der Waals surface area contributed by atoms with Gasteiger partial charge in [0.15, 0.2) is 0 Å². The molecule has 0 bridgehead atoms. The zero-order chi connectivity index (χ0) is 23.6. The van der Waals surface area contributed by atoms with Gasteiger partial charge in [-0.05, 0) is 63.7 Å². The standard InChI is InChI=1S/C24H25N3O4S2/c1-5-30-22(28)20-17(4)26(18-10-8-7-9-11-18)24(32-20)27(19-14-12-16(3)13-15-19)25-21(33-24)23(29)31-6-2/h7-15H,5-6H2,1-4H3. The highest BCUT2D eigenvalue weighted by Crippen LogP contribution is 2.60. The minimum absolute atomic E-state index is 0.226. The van der Waals surface area contributed by atoms with Crippen LogP contribution in [0.4, 0.5) is 11.4 Å². The molecule has 172 valence electrons. The van der Waals surface area contributed by atoms with Crippen LogP contribution < -0.4 is 9.91 Å². The van der Waals surface area contributed by atoms with E-state index >= 15 is 0 Å². The van der Waals surface area contributed by atoms with Crippen molar-refractivity contribution < 1.29 is 19.1 Å². The van der Waals surface area contributed by atoms with Crippen molar-refractivity contribution in [3.63, 3.8) is 0 Å². The number of hydrazone groups is 1. The van der Waals surface area contributed by atoms with Crippen LogP contribution in [0.2, 0.25) is 0 Å². The van der Waals surface area contributed by atoms with Crippen LogP contribution in [0.1, 0.15) is 26.3 Å². The summed E-state index contributed by atoms with van der Waals surface area (Å²) in [6, 6.07) is 17.6. The Hall–Kier alpha value is -2.91. The molecule has 2 aliphatic heterocycles. The minimum Gasteiger partial charge on any atom is -0.462 e. The summed E-state index contributed by atoms with van der Waals surface area (Å²) in [5.74, 6) is -0.890. The largest absolute Gasteiger partial charge is 0.462 e. The Morgan fingerprint density at radius 3 is 2.15 bits per heavy atom. The average molecular weight is 484 g/mol. The number of carbonyl (C=O) groups excluding carboxylic acids is 2. The van der Waals surface area contributed by atoms with E-state index in [1.165, 1.54) is 23.5 Å². The number of aryl methyl sites for hydroxylation is 1. The van der Waals surface area contributed by atoms with E-state index in [0.717, 1.165) is 22.6 Å². The Balaban J connectivity index is 1.87. The molecule has 0 radical (unpaired) electrons. The number of nitrogens with zero attached hydrogens (tertiary/aromatic N) is 3. The molecule has 0 amide bonds. The topological polar surface area (TPSA) is 71.4 Å². The summed E-state index contributed by atoms with van der Waals surface area (Å²) in [5, 5.41) is 6.70. The highest BCUT2D eigenvalue weighted by atomic mass is 32.2. The lowest BCUT2D eigenvalue weighted by molar-refractivity contribution is -0.137. The number of hydrogen-bond acceptors (Lipinski definition) is 9. The summed E-state index contributed by atoms with van der Waals surface area (Å²) in [7, 11) is 0. The fraction of sp³-hybridized carbons (Fsp3) is 0.292. The number of para-hydroxylation sites is 1. The lowest BCUT2D eigenvalue weighted by atomic mass is 10.2. The smallest absolute Gasteiger partial charge is 0.365 e. The van der Waals surface area contributed by atoms with Crippen molar-refractivity contribution in [3.8, 4) is 0 Å². The highest BCUT2D eigenvalue weighted by Gasteiger charge is 2.58. The van der Waals surface area contributed by atoms with Crippen molar-refractivity contribution >= 4 is 51.9 Å². The van der Waals surface area contributed by atoms with Crippen molar-refractivity contribution in [1.82, 2.24) is 0 Å². The highest BCUT2D eigenvalue weighted by molar-refractivity contribution is 8.29. The Labute approximate surface area is 201 Å². The van der Waals surface area contributed by atoms with Gasteiger partial charge < -0.3 is 14.4 Å². The van der Waals surface area contributed by atoms with Crippen molar-refractivity contribution in [3.05, 3.63) is 70.8 Å². The normalized spacial score (nSPS) is 19.8. The Bertz CT molecular complexity index is 1120. The van der Waals surface area contributed by atoms with E-state index in [-0.39, 0.29) is 18.3 Å². The zero-order valence-electron chi connectivity index (χ0n) is 18.9. The molecule has 2 aliphatic rings. The van der Waals surface area contributed by atoms with Gasteiger partial charge in [0, 0.05) is 11.4 Å². The molecule has 1 unspecified atom stereocenters. The van der Waals surface area contributed by atoms with Gasteiger partial charge in [-0.3, -0.25) is 0 Å². The van der Waals surface area contributed by atoms with Crippen LogP contribution in [0.25, 0.3) is 0 Å². The molecule has 2 heterocycles. The SMILES string of the molecule is CCOC(=O)C1=NN(c2ccc(C)cc2)C2(S1)SC(C(=O)OCC)=C(C)N2c1ccccc1. The maximum atomic E-state index is 12.9. The molecule has 0 saturated carbocycles. The summed E-state index contributed by atoms with van der Waals surface area (Å²) in [5.41, 5.74) is 3.50. The second kappa shape index (κ2) is 9.52. The van der Waals surface area contributed by atoms with Gasteiger partial charge in [0.05, 0.1) is 18.9 Å². The molecule has 9 heteroatoms. The van der Waals surface area contributed by atoms with Crippen LogP contribution in [0.15, 0.2) is 70.3 Å². The number of allylic oxidation sites excluding steroid dienone is 1. The number of ether oxygens (including phenoxy) is 2. The van der Waals surface area contributed by atoms with E-state index in [1.807, 2.05) is 73.3 Å². The van der Waals surface area contributed by atoms with Crippen LogP contribution in [0, 0.1) is 6.92 Å². The second-order valence-electron chi connectivity index (χ2n) is 7.33. The van der Waals surface area contributed by atoms with Gasteiger partial charge in [0.2, 0.25) is 9.37 Å². The van der Waals surface area contributed by atoms with Gasteiger partial charge in [-0.1, -0.05) is 47.7 Å². The predicted octanol–water partition coefficient (Wildman–Crippen LogP) is 5.08. The number of anilines is 2. The second-order valence-corrected chi connectivity index (χ2v) is 9.93. The van der Waals surface area contributed by atoms with Crippen molar-refractivity contribution in [2.24, 2.45) is 5.10 Å². The lowest BCUT2D eigenvalue weighted by Gasteiger charge is -2.41. The van der Waals surface area contributed by atoms with Crippen molar-refractivity contribution in [1.29, 1.82) is 0 Å². The Morgan fingerprint density at radius 1 is 0.879 bits per heavy atom. The molecular formula is C24H25N3O4S2. The van der Waals surface area contributed by atoms with E-state index in [1.54, 1.807) is 18.9 Å². The first-order valence-corrected chi connectivity index (χ1v) is 12.3. The van der Waals surface area contributed by atoms with E-state index in [9.17, 15) is 9.59 Å². The lowest BCUT2D eigenvalue weighted by Crippen LogP contribution is -2.49. The summed E-state index contributed by atoms with van der Waals surface area (Å²) in [4.78, 5) is 28.1. The van der Waals surface area contributed by atoms with Gasteiger partial charge in [-0.25, -0.2) is 14.6 Å². The third kappa shape index (κ3) is 4.22. The first-order valence-electron chi connectivity index (χ1n) is 10.6. The molecule has 0 aliphatic carbocycles. The van der Waals surface area contributed by atoms with E-state index < -0.39 is 16.3 Å². The third-order valence-electron chi connectivity index (χ3n) is 5.07. The molecule has 33 heavy (non-hydrogen) atoms. The van der Waals surface area contributed by atoms with Gasteiger partial charge in [-0.2, -0.15) is 5.10 Å². The molecule has 4 rings (SSSR count). The van der Waals surface area contributed by atoms with Crippen LogP contribution in [0.5, 0.6) is 0 Å². The first kappa shape index (κ1) is 23.3. The fourth-order valence-corrected chi connectivity index (χ4v) is 6.57. The quantitative estimate of drug-likeness (QED) is 0.527. The molecule has 2 aromatic rings. The number of carbonyl (C=O) groups is 2. The van der Waals surface area contributed by atoms with Crippen LogP contribution in [0.3, 0.4) is 0 Å². The van der Waals surface area contributed by atoms with E-state index in [2.05, 4.69) is 5.10 Å². The molecular weight excluding hydrogens is 458 g/mol. The number of benzene rings is 2. The van der Waals surface area contributed by atoms with Crippen LogP contribution in [-0.2, 0) is 19.1 Å². The van der Waals surface area contributed by atoms with Crippen LogP contribution >= 0.6 is 23.5 Å². The maximum Gasteiger partial charge on any atom is 0.365 e. The zero-order valence-corrected chi connectivity index (χ0v) is 20.5. The summed E-state index contributed by atoms with van der Waals surface area (Å²) in [6.45, 7) is 7.96. The predicted molar refractivity (Wildman–Crippen MR) is 134 cm³/mol. The van der Waals surface area contributed by atoms with Gasteiger partial charge in [0.25, 0.3) is 0 Å². The Kier molecular flexibility index (Phi) is 6.71. The molecule has 0 N–H and O–H groups in total. The molecule has 7 nitrogen and oxygen atoms in total. The molecule has 0 aromatic heterocycles. The average Bonchev–Trinajstić information content (AvgIpc) is 3.33.